The van der Waals surface area contributed by atoms with E-state index in [-0.39, 0.29) is 65.9 Å². The molecule has 2 saturated heterocycles. The van der Waals surface area contributed by atoms with Gasteiger partial charge in [-0.1, -0.05) is 73.5 Å². The third-order valence-electron chi connectivity index (χ3n) is 14.2. The van der Waals surface area contributed by atoms with Crippen LogP contribution in [0.3, 0.4) is 0 Å². The minimum Gasteiger partial charge on any atom is -0.508 e. The molecule has 2 amide bonds. The van der Waals surface area contributed by atoms with Gasteiger partial charge in [0.1, 0.15) is 17.3 Å². The van der Waals surface area contributed by atoms with Crippen molar-refractivity contribution in [2.45, 2.75) is 71.0 Å². The number of nitriles is 1. The fourth-order valence-electron chi connectivity index (χ4n) is 10.3. The van der Waals surface area contributed by atoms with Gasteiger partial charge in [-0.3, -0.25) is 9.59 Å². The Hall–Kier alpha value is -7.46. The monoisotopic (exact) mass is 1020 g/mol. The summed E-state index contributed by atoms with van der Waals surface area (Å²) in [5.74, 6) is 0.734. The summed E-state index contributed by atoms with van der Waals surface area (Å²) in [6, 6.07) is 24.2. The Bertz CT molecular complexity index is 3050. The number of phenols is 2. The maximum absolute atomic E-state index is 12.8. The number of hydrogen-bond donors (Lipinski definition) is 4. The molecule has 74 heavy (non-hydrogen) atoms. The molecule has 0 radical (unpaired) electrons. The lowest BCUT2D eigenvalue weighted by Crippen LogP contribution is -2.55. The number of rotatable bonds is 19. The number of likely N-dealkylation sites (tertiary alicyclic amines) is 1. The summed E-state index contributed by atoms with van der Waals surface area (Å²) >= 11 is 6.78. The zero-order valence-corrected chi connectivity index (χ0v) is 42.5. The first-order chi connectivity index (χ1) is 35.9. The smallest absolute Gasteiger partial charge is 0.319 e. The molecule has 2 atom stereocenters. The lowest BCUT2D eigenvalue weighted by molar-refractivity contribution is -0.128. The second kappa shape index (κ2) is 23.2. The topological polar surface area (TPSA) is 219 Å². The number of ether oxygens (including phenoxy) is 2. The molecule has 386 valence electrons. The van der Waals surface area contributed by atoms with Crippen LogP contribution in [-0.4, -0.2) is 133 Å². The molecule has 2 unspecified atom stereocenters. The molecule has 0 saturated carbocycles. The molecule has 4 N–H and O–H groups in total. The zero-order chi connectivity index (χ0) is 51.9. The molecule has 0 spiro atoms. The molecule has 4 aromatic carbocycles. The Morgan fingerprint density at radius 1 is 0.959 bits per heavy atom. The Labute approximate surface area is 435 Å². The van der Waals surface area contributed by atoms with Crippen LogP contribution in [0, 0.1) is 17.2 Å². The van der Waals surface area contributed by atoms with Crippen molar-refractivity contribution >= 4 is 45.7 Å². The minimum absolute atomic E-state index is 0.0209. The van der Waals surface area contributed by atoms with Gasteiger partial charge in [-0.15, -0.1) is 5.10 Å². The lowest BCUT2D eigenvalue weighted by atomic mass is 9.98. The normalized spacial score (nSPS) is 16.9. The Morgan fingerprint density at radius 2 is 1.77 bits per heavy atom. The SMILES string of the molecule is C=CC(=O)N1CCN(c2nc(OCC3CCN(CCCOCCC(=O)NCc4ccc(-n5c(O)nnc5-c5cc(C(C)C)c(O)cc5O)cc4)C3)nc3c2CCN(c2cccc4cccc(Cl)c24)C3)CC1CC#N. The van der Waals surface area contributed by atoms with Crippen LogP contribution in [0.2, 0.25) is 5.02 Å². The quantitative estimate of drug-likeness (QED) is 0.0464. The molecule has 6 aromatic rings. The van der Waals surface area contributed by atoms with E-state index in [0.29, 0.717) is 86.8 Å². The van der Waals surface area contributed by atoms with Crippen molar-refractivity contribution in [3.8, 4) is 46.7 Å². The van der Waals surface area contributed by atoms with Crippen LogP contribution in [-0.2, 0) is 33.8 Å². The van der Waals surface area contributed by atoms with Crippen molar-refractivity contribution in [1.29, 1.82) is 5.26 Å². The average molecular weight is 1020 g/mol. The van der Waals surface area contributed by atoms with E-state index in [0.717, 1.165) is 78.1 Å². The maximum Gasteiger partial charge on any atom is 0.319 e. The number of benzene rings is 4. The van der Waals surface area contributed by atoms with E-state index in [9.17, 15) is 30.2 Å². The van der Waals surface area contributed by atoms with Crippen molar-refractivity contribution in [2.24, 2.45) is 5.92 Å². The number of halogens is 1. The van der Waals surface area contributed by atoms with E-state index in [1.165, 1.54) is 16.7 Å². The summed E-state index contributed by atoms with van der Waals surface area (Å²) in [7, 11) is 0. The highest BCUT2D eigenvalue weighted by Gasteiger charge is 2.34. The third kappa shape index (κ3) is 11.5. The molecule has 3 aliphatic heterocycles. The molecule has 9 rings (SSSR count). The Balaban J connectivity index is 0.742. The highest BCUT2D eigenvalue weighted by atomic mass is 35.5. The second-order valence-corrected chi connectivity index (χ2v) is 19.8. The van der Waals surface area contributed by atoms with Gasteiger partial charge in [-0.05, 0) is 84.6 Å². The van der Waals surface area contributed by atoms with E-state index in [1.54, 1.807) is 23.1 Å². The van der Waals surface area contributed by atoms with Crippen molar-refractivity contribution in [3.63, 3.8) is 0 Å². The molecular formula is C55H62ClN11O7. The summed E-state index contributed by atoms with van der Waals surface area (Å²) in [6.45, 7) is 14.5. The fourth-order valence-corrected chi connectivity index (χ4v) is 10.6. The molecule has 0 bridgehead atoms. The lowest BCUT2D eigenvalue weighted by Gasteiger charge is -2.42. The van der Waals surface area contributed by atoms with Gasteiger partial charge in [-0.25, -0.2) is 4.57 Å². The van der Waals surface area contributed by atoms with E-state index in [1.807, 2.05) is 38.1 Å². The van der Waals surface area contributed by atoms with Gasteiger partial charge in [-0.2, -0.15) is 15.2 Å². The van der Waals surface area contributed by atoms with E-state index in [2.05, 4.69) is 67.1 Å². The number of aromatic hydroxyl groups is 3. The number of phenolic OH excluding ortho intramolecular Hbond substituents is 2. The third-order valence-corrected chi connectivity index (χ3v) is 14.5. The maximum atomic E-state index is 12.8. The summed E-state index contributed by atoms with van der Waals surface area (Å²) < 4.78 is 13.7. The van der Waals surface area contributed by atoms with Crippen molar-refractivity contribution in [2.75, 3.05) is 75.4 Å². The van der Waals surface area contributed by atoms with Gasteiger partial charge in [0, 0.05) is 87.5 Å². The zero-order valence-electron chi connectivity index (χ0n) is 41.8. The number of piperazine rings is 1. The summed E-state index contributed by atoms with van der Waals surface area (Å²) in [6.07, 6.45) is 4.23. The minimum atomic E-state index is -0.361. The summed E-state index contributed by atoms with van der Waals surface area (Å²) in [5, 5.41) is 54.9. The number of carbonyl (C=O) groups excluding carboxylic acids is 2. The van der Waals surface area contributed by atoms with Crippen LogP contribution < -0.4 is 19.9 Å². The van der Waals surface area contributed by atoms with Crippen molar-refractivity contribution in [3.05, 3.63) is 113 Å². The first kappa shape index (κ1) is 51.4. The molecular weight excluding hydrogens is 962 g/mol. The standard InChI is InChI=1S/C55H62ClN11O7/c1-4-50(71)66-25-24-65(32-40(66)16-20-57)52-41-18-23-64(46-11-6-9-38-8-5-10-44(56)51(38)46)33-45(41)59-54(60-52)74-34-37-17-22-63(31-37)21-7-26-73-27-19-49(70)58-30-36-12-14-39(15-13-36)67-53(61-62-55(67)72)43-28-42(35(2)3)47(68)29-48(43)69/h4-6,8-15,28-29,35,37,40,68-69H,1,7,16-19,21-27,30-34H2,2-3H3,(H,58,70)(H,62,72). The number of aromatic nitrogens is 5. The van der Waals surface area contributed by atoms with Crippen molar-refractivity contribution < 1.29 is 34.4 Å². The average Bonchev–Trinajstić information content (AvgIpc) is 4.03. The first-order valence-electron chi connectivity index (χ1n) is 25.3. The van der Waals surface area contributed by atoms with Gasteiger partial charge in [0.2, 0.25) is 11.8 Å². The Kier molecular flexibility index (Phi) is 16.1. The number of amides is 2. The van der Waals surface area contributed by atoms with Crippen molar-refractivity contribution in [1.82, 2.24) is 39.8 Å². The van der Waals surface area contributed by atoms with E-state index in [4.69, 9.17) is 31.0 Å². The molecule has 19 heteroatoms. The van der Waals surface area contributed by atoms with Crippen LogP contribution in [0.4, 0.5) is 11.5 Å². The fraction of sp³-hybridized carbons (Fsp3) is 0.400. The number of nitrogens with one attached hydrogen (secondary N) is 1. The molecule has 18 nitrogen and oxygen atoms in total. The van der Waals surface area contributed by atoms with Gasteiger partial charge >= 0.3 is 12.0 Å². The predicted octanol–water partition coefficient (Wildman–Crippen LogP) is 7.26. The number of nitrogens with zero attached hydrogens (tertiary/aromatic N) is 10. The van der Waals surface area contributed by atoms with Gasteiger partial charge < -0.3 is 49.7 Å². The highest BCUT2D eigenvalue weighted by molar-refractivity contribution is 6.36. The first-order valence-corrected chi connectivity index (χ1v) is 25.6. The van der Waals surface area contributed by atoms with Gasteiger partial charge in [0.15, 0.2) is 5.82 Å². The largest absolute Gasteiger partial charge is 0.508 e. The van der Waals surface area contributed by atoms with Crippen LogP contribution in [0.5, 0.6) is 23.5 Å². The number of carbonyl (C=O) groups is 2. The van der Waals surface area contributed by atoms with Gasteiger partial charge in [0.05, 0.1) is 60.3 Å². The van der Waals surface area contributed by atoms with Crippen LogP contribution in [0.25, 0.3) is 27.8 Å². The molecule has 2 aromatic heterocycles. The Morgan fingerprint density at radius 3 is 2.55 bits per heavy atom. The predicted molar refractivity (Wildman–Crippen MR) is 282 cm³/mol. The summed E-state index contributed by atoms with van der Waals surface area (Å²) in [5.41, 5.74) is 5.31. The highest BCUT2D eigenvalue weighted by Crippen LogP contribution is 2.40. The molecule has 2 fully saturated rings. The van der Waals surface area contributed by atoms with E-state index >= 15 is 0 Å². The molecule has 3 aliphatic rings. The van der Waals surface area contributed by atoms with Gasteiger partial charge in [0.25, 0.3) is 0 Å². The molecule has 0 aliphatic carbocycles. The van der Waals surface area contributed by atoms with Crippen LogP contribution in [0.1, 0.15) is 67.8 Å². The van der Waals surface area contributed by atoms with E-state index < -0.39 is 0 Å². The molecule has 5 heterocycles. The van der Waals surface area contributed by atoms with Crippen LogP contribution >= 0.6 is 11.6 Å². The summed E-state index contributed by atoms with van der Waals surface area (Å²) in [4.78, 5) is 44.2. The number of anilines is 2. The number of hydrogen-bond acceptors (Lipinski definition) is 15. The van der Waals surface area contributed by atoms with Crippen LogP contribution in [0.15, 0.2) is 85.5 Å². The number of fused-ring (bicyclic) bond motifs is 2. The second-order valence-electron chi connectivity index (χ2n) is 19.4.